The first-order chi connectivity index (χ1) is 8.28. The minimum atomic E-state index is 0.820. The van der Waals surface area contributed by atoms with Crippen molar-refractivity contribution in [1.29, 1.82) is 0 Å². The zero-order valence-electron chi connectivity index (χ0n) is 10.4. The maximum Gasteiger partial charge on any atom is 0.154 e. The number of rotatable bonds is 2. The van der Waals surface area contributed by atoms with Gasteiger partial charge in [-0.25, -0.2) is 9.50 Å². The van der Waals surface area contributed by atoms with Crippen LogP contribution in [0, 0.1) is 12.8 Å². The van der Waals surface area contributed by atoms with Crippen LogP contribution in [0.15, 0.2) is 18.5 Å². The van der Waals surface area contributed by atoms with Gasteiger partial charge in [-0.15, -0.1) is 0 Å². The molecule has 1 unspecified atom stereocenters. The summed E-state index contributed by atoms with van der Waals surface area (Å²) in [7, 11) is 0. The highest BCUT2D eigenvalue weighted by atomic mass is 15.3. The highest BCUT2D eigenvalue weighted by molar-refractivity contribution is 5.69. The Hall–Kier alpha value is -1.58. The third kappa shape index (κ3) is 1.77. The fraction of sp³-hybridized carbons (Fsp3) is 0.538. The van der Waals surface area contributed by atoms with Gasteiger partial charge in [-0.1, -0.05) is 13.3 Å². The van der Waals surface area contributed by atoms with Gasteiger partial charge >= 0.3 is 0 Å². The van der Waals surface area contributed by atoms with Gasteiger partial charge in [-0.05, 0) is 25.3 Å². The lowest BCUT2D eigenvalue weighted by atomic mass is 10.1. The van der Waals surface area contributed by atoms with E-state index in [1.807, 2.05) is 23.8 Å². The van der Waals surface area contributed by atoms with E-state index < -0.39 is 0 Å². The lowest BCUT2D eigenvalue weighted by Gasteiger charge is -2.17. The van der Waals surface area contributed by atoms with Gasteiger partial charge in [0.15, 0.2) is 5.82 Å². The number of hydrogen-bond donors (Lipinski definition) is 0. The summed E-state index contributed by atoms with van der Waals surface area (Å²) in [5, 5.41) is 4.43. The van der Waals surface area contributed by atoms with Crippen molar-refractivity contribution in [2.75, 3.05) is 18.0 Å². The summed E-state index contributed by atoms with van der Waals surface area (Å²) < 4.78 is 1.93. The SMILES string of the molecule is CCC1CCN(c2nccn3nc(C)cc23)C1. The van der Waals surface area contributed by atoms with Crippen molar-refractivity contribution in [3.05, 3.63) is 24.2 Å². The van der Waals surface area contributed by atoms with Gasteiger partial charge in [0.05, 0.1) is 5.69 Å². The first-order valence-electron chi connectivity index (χ1n) is 6.34. The van der Waals surface area contributed by atoms with E-state index in [1.165, 1.54) is 12.8 Å². The Labute approximate surface area is 101 Å². The van der Waals surface area contributed by atoms with E-state index in [4.69, 9.17) is 0 Å². The molecule has 4 nitrogen and oxygen atoms in total. The summed E-state index contributed by atoms with van der Waals surface area (Å²) in [5.41, 5.74) is 2.17. The van der Waals surface area contributed by atoms with Gasteiger partial charge in [0, 0.05) is 25.5 Å². The molecule has 2 aromatic heterocycles. The molecular formula is C13H18N4. The van der Waals surface area contributed by atoms with Crippen LogP contribution in [0.5, 0.6) is 0 Å². The lowest BCUT2D eigenvalue weighted by molar-refractivity contribution is 0.569. The molecule has 0 aliphatic carbocycles. The predicted molar refractivity (Wildman–Crippen MR) is 68.3 cm³/mol. The van der Waals surface area contributed by atoms with Crippen LogP contribution in [0.4, 0.5) is 5.82 Å². The molecule has 1 aliphatic heterocycles. The van der Waals surface area contributed by atoms with Crippen molar-refractivity contribution >= 4 is 11.3 Å². The van der Waals surface area contributed by atoms with Gasteiger partial charge in [-0.3, -0.25) is 0 Å². The monoisotopic (exact) mass is 230 g/mol. The van der Waals surface area contributed by atoms with Crippen LogP contribution in [-0.4, -0.2) is 27.7 Å². The van der Waals surface area contributed by atoms with Crippen molar-refractivity contribution in [1.82, 2.24) is 14.6 Å². The molecule has 1 saturated heterocycles. The van der Waals surface area contributed by atoms with E-state index >= 15 is 0 Å². The molecule has 0 saturated carbocycles. The zero-order chi connectivity index (χ0) is 11.8. The van der Waals surface area contributed by atoms with Crippen molar-refractivity contribution < 1.29 is 0 Å². The molecule has 0 N–H and O–H groups in total. The van der Waals surface area contributed by atoms with Crippen LogP contribution in [0.25, 0.3) is 5.52 Å². The van der Waals surface area contributed by atoms with Crippen LogP contribution >= 0.6 is 0 Å². The minimum absolute atomic E-state index is 0.820. The highest BCUT2D eigenvalue weighted by Gasteiger charge is 2.23. The largest absolute Gasteiger partial charge is 0.355 e. The second-order valence-corrected chi connectivity index (χ2v) is 4.88. The van der Waals surface area contributed by atoms with Gasteiger partial charge in [-0.2, -0.15) is 5.10 Å². The molecule has 0 spiro atoms. The van der Waals surface area contributed by atoms with Gasteiger partial charge in [0.25, 0.3) is 0 Å². The summed E-state index contributed by atoms with van der Waals surface area (Å²) in [4.78, 5) is 6.93. The fourth-order valence-corrected chi connectivity index (χ4v) is 2.63. The molecule has 3 heterocycles. The Morgan fingerprint density at radius 1 is 1.47 bits per heavy atom. The standard InChI is InChI=1S/C13H18N4/c1-3-11-4-6-16(9-11)13-12-8-10(2)15-17(12)7-5-14-13/h5,7-8,11H,3-4,6,9H2,1-2H3. The molecule has 1 aliphatic rings. The first-order valence-corrected chi connectivity index (χ1v) is 6.34. The van der Waals surface area contributed by atoms with Crippen LogP contribution in [0.2, 0.25) is 0 Å². The molecular weight excluding hydrogens is 212 g/mol. The second kappa shape index (κ2) is 4.02. The van der Waals surface area contributed by atoms with Crippen molar-refractivity contribution in [3.8, 4) is 0 Å². The maximum absolute atomic E-state index is 4.54. The normalized spacial score (nSPS) is 20.4. The molecule has 0 aromatic carbocycles. The molecule has 1 fully saturated rings. The van der Waals surface area contributed by atoms with Crippen molar-refractivity contribution in [3.63, 3.8) is 0 Å². The number of aryl methyl sites for hydroxylation is 1. The molecule has 4 heteroatoms. The maximum atomic E-state index is 4.54. The molecule has 0 amide bonds. The van der Waals surface area contributed by atoms with Gasteiger partial charge in [0.1, 0.15) is 5.52 Å². The van der Waals surface area contributed by atoms with Crippen LogP contribution in [0.3, 0.4) is 0 Å². The van der Waals surface area contributed by atoms with Gasteiger partial charge < -0.3 is 4.90 Å². The number of hydrogen-bond acceptors (Lipinski definition) is 3. The van der Waals surface area contributed by atoms with Gasteiger partial charge in [0.2, 0.25) is 0 Å². The van der Waals surface area contributed by atoms with E-state index in [-0.39, 0.29) is 0 Å². The van der Waals surface area contributed by atoms with E-state index in [0.717, 1.165) is 36.0 Å². The lowest BCUT2D eigenvalue weighted by Crippen LogP contribution is -2.21. The topological polar surface area (TPSA) is 33.4 Å². The molecule has 0 radical (unpaired) electrons. The number of nitrogens with zero attached hydrogens (tertiary/aromatic N) is 4. The molecule has 2 aromatic rings. The van der Waals surface area contributed by atoms with Crippen LogP contribution in [-0.2, 0) is 0 Å². The smallest absolute Gasteiger partial charge is 0.154 e. The Kier molecular flexibility index (Phi) is 2.50. The Morgan fingerprint density at radius 2 is 2.35 bits per heavy atom. The Bertz CT molecular complexity index is 531. The quantitative estimate of drug-likeness (QED) is 0.793. The Morgan fingerprint density at radius 3 is 3.12 bits per heavy atom. The number of aromatic nitrogens is 3. The van der Waals surface area contributed by atoms with Crippen molar-refractivity contribution in [2.45, 2.75) is 26.7 Å². The van der Waals surface area contributed by atoms with Crippen molar-refractivity contribution in [2.24, 2.45) is 5.92 Å². The average molecular weight is 230 g/mol. The first kappa shape index (κ1) is 10.6. The molecule has 0 bridgehead atoms. The van der Waals surface area contributed by atoms with Crippen LogP contribution < -0.4 is 4.90 Å². The molecule has 17 heavy (non-hydrogen) atoms. The summed E-state index contributed by atoms with van der Waals surface area (Å²) in [5.74, 6) is 1.91. The summed E-state index contributed by atoms with van der Waals surface area (Å²) >= 11 is 0. The third-order valence-electron chi connectivity index (χ3n) is 3.65. The highest BCUT2D eigenvalue weighted by Crippen LogP contribution is 2.27. The molecule has 1 atom stereocenters. The fourth-order valence-electron chi connectivity index (χ4n) is 2.63. The average Bonchev–Trinajstić information content (AvgIpc) is 2.92. The van der Waals surface area contributed by atoms with E-state index in [9.17, 15) is 0 Å². The number of fused-ring (bicyclic) bond motifs is 1. The zero-order valence-corrected chi connectivity index (χ0v) is 10.4. The minimum Gasteiger partial charge on any atom is -0.355 e. The molecule has 3 rings (SSSR count). The predicted octanol–water partition coefficient (Wildman–Crippen LogP) is 2.27. The van der Waals surface area contributed by atoms with Crippen LogP contribution in [0.1, 0.15) is 25.5 Å². The Balaban J connectivity index is 2.00. The summed E-state index contributed by atoms with van der Waals surface area (Å²) in [6, 6.07) is 2.11. The van der Waals surface area contributed by atoms with E-state index in [0.29, 0.717) is 0 Å². The number of anilines is 1. The second-order valence-electron chi connectivity index (χ2n) is 4.88. The van der Waals surface area contributed by atoms with E-state index in [1.54, 1.807) is 0 Å². The summed E-state index contributed by atoms with van der Waals surface area (Å²) in [6.07, 6.45) is 6.30. The molecule has 90 valence electrons. The van der Waals surface area contributed by atoms with E-state index in [2.05, 4.69) is 28.0 Å². The third-order valence-corrected chi connectivity index (χ3v) is 3.65. The summed E-state index contributed by atoms with van der Waals surface area (Å²) in [6.45, 7) is 6.55.